The van der Waals surface area contributed by atoms with Gasteiger partial charge in [-0.1, -0.05) is 198 Å². The van der Waals surface area contributed by atoms with Gasteiger partial charge in [-0.25, -0.2) is 9.78 Å². The van der Waals surface area contributed by atoms with Crippen molar-refractivity contribution < 1.29 is 24.0 Å². The second kappa shape index (κ2) is 20.9. The van der Waals surface area contributed by atoms with Crippen molar-refractivity contribution in [1.82, 2.24) is 20.1 Å². The highest BCUT2D eigenvalue weighted by molar-refractivity contribution is 8.18. The van der Waals surface area contributed by atoms with Crippen LogP contribution in [0.2, 0.25) is 4.34 Å². The van der Waals surface area contributed by atoms with Gasteiger partial charge in [0.2, 0.25) is 11.5 Å². The molecular formula is C52H44ClN5O5S4. The standard InChI is InChI=1S/C52H44ClN5O5S4/c1-3-43-55-56-51(67-43)65-32-64-42-30-29-40-39(49(60)58(40)46(42)50(61)62-47(34-19-9-4-10-20-34)35-21-11-5-12-22-35)31-41(59)44(45-48(53)66-33(2)54-45)57-63-52(36-23-13-6-14-24-36,37-25-15-7-16-26-37)38-27-17-8-18-28-38/h4-28,39-40,47H,3,29-32H2,1-2H3/b57-44-/t39-,40?/m0/s1. The zero-order chi connectivity index (χ0) is 46.3. The van der Waals surface area contributed by atoms with E-state index >= 15 is 0 Å². The summed E-state index contributed by atoms with van der Waals surface area (Å²) in [5, 5.41) is 15.4. The van der Waals surface area contributed by atoms with E-state index in [9.17, 15) is 14.4 Å². The number of fused-ring (bicyclic) bond motifs is 1. The van der Waals surface area contributed by atoms with Crippen molar-refractivity contribution in [2.75, 3.05) is 5.08 Å². The highest BCUT2D eigenvalue weighted by Crippen LogP contribution is 2.47. The molecule has 15 heteroatoms. The number of rotatable bonds is 18. The highest BCUT2D eigenvalue weighted by atomic mass is 35.5. The lowest BCUT2D eigenvalue weighted by atomic mass is 9.77. The third-order valence-electron chi connectivity index (χ3n) is 11.7. The summed E-state index contributed by atoms with van der Waals surface area (Å²) in [5.74, 6) is -2.18. The van der Waals surface area contributed by atoms with Gasteiger partial charge in [0.25, 0.3) is 0 Å². The number of amides is 1. The number of hydrogen-bond donors (Lipinski definition) is 0. The Labute approximate surface area is 410 Å². The van der Waals surface area contributed by atoms with E-state index in [2.05, 4.69) is 15.2 Å². The zero-order valence-corrected chi connectivity index (χ0v) is 40.5. The van der Waals surface area contributed by atoms with Crippen molar-refractivity contribution in [3.05, 3.63) is 210 Å². The fourth-order valence-electron chi connectivity index (χ4n) is 8.52. The number of carbonyl (C=O) groups is 3. The number of esters is 1. The topological polar surface area (TPSA) is 124 Å². The van der Waals surface area contributed by atoms with Gasteiger partial charge in [-0.2, -0.15) is 0 Å². The number of aryl methyl sites for hydroxylation is 2. The average molecular weight is 983 g/mol. The van der Waals surface area contributed by atoms with Crippen LogP contribution in [0, 0.1) is 12.8 Å². The lowest BCUT2D eigenvalue weighted by Gasteiger charge is -2.50. The number of carbonyl (C=O) groups excluding carboxylic acids is 3. The van der Waals surface area contributed by atoms with Gasteiger partial charge in [-0.15, -0.1) is 33.3 Å². The van der Waals surface area contributed by atoms with Gasteiger partial charge in [0.1, 0.15) is 20.7 Å². The van der Waals surface area contributed by atoms with Gasteiger partial charge in [0.15, 0.2) is 21.9 Å². The Bertz CT molecular complexity index is 2780. The van der Waals surface area contributed by atoms with Crippen LogP contribution in [0.15, 0.2) is 172 Å². The van der Waals surface area contributed by atoms with E-state index in [0.717, 1.165) is 48.5 Å². The largest absolute Gasteiger partial charge is 0.448 e. The number of oxime groups is 1. The fourth-order valence-corrected chi connectivity index (χ4v) is 13.0. The number of benzene rings is 5. The number of nitrogens with zero attached hydrogens (tertiary/aromatic N) is 5. The Morgan fingerprint density at radius 3 is 1.87 bits per heavy atom. The van der Waals surface area contributed by atoms with Gasteiger partial charge in [0.05, 0.1) is 16.0 Å². The van der Waals surface area contributed by atoms with Gasteiger partial charge in [-0.3, -0.25) is 9.59 Å². The Kier molecular flexibility index (Phi) is 14.5. The number of β-lactam (4-membered cyclic amide) rings is 1. The number of allylic oxidation sites excluding steroid dienone is 1. The summed E-state index contributed by atoms with van der Waals surface area (Å²) in [7, 11) is 0. The Hall–Kier alpha value is -5.90. The van der Waals surface area contributed by atoms with Crippen LogP contribution < -0.4 is 0 Å². The molecule has 2 atom stereocenters. The van der Waals surface area contributed by atoms with E-state index in [-0.39, 0.29) is 33.8 Å². The van der Waals surface area contributed by atoms with Gasteiger partial charge in [0, 0.05) is 34.1 Å². The van der Waals surface area contributed by atoms with E-state index in [1.165, 1.54) is 34.9 Å². The quantitative estimate of drug-likeness (QED) is 0.0156. The number of aromatic nitrogens is 3. The first-order valence-electron chi connectivity index (χ1n) is 21.8. The van der Waals surface area contributed by atoms with Crippen LogP contribution in [0.25, 0.3) is 0 Å². The minimum atomic E-state index is -1.29. The fraction of sp³-hybridized carbons (Fsp3) is 0.212. The number of halogens is 1. The van der Waals surface area contributed by atoms with Crippen LogP contribution in [-0.4, -0.2) is 54.6 Å². The summed E-state index contributed by atoms with van der Waals surface area (Å²) in [6, 6.07) is 47.8. The van der Waals surface area contributed by atoms with E-state index < -0.39 is 35.4 Å². The predicted octanol–water partition coefficient (Wildman–Crippen LogP) is 11.8. The second-order valence-electron chi connectivity index (χ2n) is 15.8. The Balaban J connectivity index is 1.04. The molecule has 5 aromatic carbocycles. The molecule has 2 aliphatic heterocycles. The minimum Gasteiger partial charge on any atom is -0.448 e. The number of ketones is 1. The summed E-state index contributed by atoms with van der Waals surface area (Å²) in [6.07, 6.45) is 0.891. The molecule has 2 aliphatic rings. The van der Waals surface area contributed by atoms with Crippen LogP contribution in [0.1, 0.15) is 75.8 Å². The third kappa shape index (κ3) is 9.77. The molecule has 1 unspecified atom stereocenters. The summed E-state index contributed by atoms with van der Waals surface area (Å²) in [4.78, 5) is 58.0. The molecule has 0 bridgehead atoms. The van der Waals surface area contributed by atoms with Crippen molar-refractivity contribution in [2.45, 2.75) is 61.6 Å². The first kappa shape index (κ1) is 46.2. The Morgan fingerprint density at radius 1 is 0.806 bits per heavy atom. The maximum absolute atomic E-state index is 14.9. The van der Waals surface area contributed by atoms with Crippen LogP contribution >= 0.6 is 57.8 Å². The summed E-state index contributed by atoms with van der Waals surface area (Å²) in [6.45, 7) is 3.84. The molecule has 0 saturated carbocycles. The molecule has 1 fully saturated rings. The SMILES string of the molecule is CCc1nnc(SCSC2=C(C(=O)OC(c3ccccc3)c3ccccc3)N3C(=O)[C@@H](CC(=O)/C(=N/OC(c4ccccc4)(c4ccccc4)c4ccccc4)c4nc(C)sc4Cl)C3CC2)s1. The maximum atomic E-state index is 14.9. The summed E-state index contributed by atoms with van der Waals surface area (Å²) < 4.78 is 7.53. The van der Waals surface area contributed by atoms with E-state index in [4.69, 9.17) is 26.3 Å². The number of thiazole rings is 1. The first-order valence-corrected chi connectivity index (χ1v) is 25.8. The molecule has 1 amide bonds. The van der Waals surface area contributed by atoms with Gasteiger partial charge in [-0.05, 0) is 37.3 Å². The zero-order valence-electron chi connectivity index (χ0n) is 36.5. The monoisotopic (exact) mass is 981 g/mol. The van der Waals surface area contributed by atoms with Gasteiger partial charge < -0.3 is 14.5 Å². The highest BCUT2D eigenvalue weighted by Gasteiger charge is 2.54. The number of Topliss-reactive ketones (excluding diaryl/α,β-unsaturated/α-hetero) is 1. The van der Waals surface area contributed by atoms with Crippen LogP contribution in [0.3, 0.4) is 0 Å². The predicted molar refractivity (Wildman–Crippen MR) is 267 cm³/mol. The van der Waals surface area contributed by atoms with Crippen LogP contribution in [0.4, 0.5) is 0 Å². The van der Waals surface area contributed by atoms with Crippen molar-refractivity contribution >= 4 is 81.2 Å². The third-order valence-corrected chi connectivity index (χ3v) is 16.4. The molecule has 1 saturated heterocycles. The van der Waals surface area contributed by atoms with E-state index in [1.54, 1.807) is 23.2 Å². The molecule has 0 aliphatic carbocycles. The summed E-state index contributed by atoms with van der Waals surface area (Å²) in [5.41, 5.74) is 2.93. The van der Waals surface area contributed by atoms with E-state index in [0.29, 0.717) is 22.9 Å². The Morgan fingerprint density at radius 2 is 1.36 bits per heavy atom. The molecule has 9 rings (SSSR count). The molecule has 7 aromatic rings. The van der Waals surface area contributed by atoms with Crippen molar-refractivity contribution in [3.63, 3.8) is 0 Å². The molecule has 2 aromatic heterocycles. The smallest absolute Gasteiger partial charge is 0.356 e. The lowest BCUT2D eigenvalue weighted by Crippen LogP contribution is -2.63. The molecule has 4 heterocycles. The van der Waals surface area contributed by atoms with Gasteiger partial charge >= 0.3 is 5.97 Å². The van der Waals surface area contributed by atoms with Crippen LogP contribution in [-0.2, 0) is 36.0 Å². The van der Waals surface area contributed by atoms with E-state index in [1.807, 2.05) is 159 Å². The molecule has 67 heavy (non-hydrogen) atoms. The summed E-state index contributed by atoms with van der Waals surface area (Å²) >= 11 is 12.6. The lowest BCUT2D eigenvalue weighted by molar-refractivity contribution is -0.162. The second-order valence-corrected chi connectivity index (χ2v) is 21.3. The number of hydrogen-bond acceptors (Lipinski definition) is 13. The first-order chi connectivity index (χ1) is 32.7. The van der Waals surface area contributed by atoms with Crippen molar-refractivity contribution in [2.24, 2.45) is 11.1 Å². The molecule has 0 spiro atoms. The normalized spacial score (nSPS) is 16.1. The number of thioether (sulfide) groups is 2. The molecule has 338 valence electrons. The number of ether oxygens (including phenoxy) is 1. The maximum Gasteiger partial charge on any atom is 0.356 e. The molecule has 10 nitrogen and oxygen atoms in total. The van der Waals surface area contributed by atoms with Crippen molar-refractivity contribution in [1.29, 1.82) is 0 Å². The minimum absolute atomic E-state index is 0.0940. The molecular weight excluding hydrogens is 938 g/mol. The molecule has 0 N–H and O–H groups in total. The molecule has 0 radical (unpaired) electrons. The van der Waals surface area contributed by atoms with Crippen molar-refractivity contribution in [3.8, 4) is 0 Å². The van der Waals surface area contributed by atoms with Crippen LogP contribution in [0.5, 0.6) is 0 Å². The average Bonchev–Trinajstić information content (AvgIpc) is 3.99.